The molecule has 7 heteroatoms. The fraction of sp³-hybridized carbons (Fsp3) is 0.333. The first-order valence-electron chi connectivity index (χ1n) is 9.04. The Balaban J connectivity index is 1.95. The molecular formula is C21H24Cl2N2O3. The minimum absolute atomic E-state index is 0.115. The van der Waals surface area contributed by atoms with Gasteiger partial charge in [0.15, 0.2) is 0 Å². The van der Waals surface area contributed by atoms with E-state index in [4.69, 9.17) is 27.9 Å². The Morgan fingerprint density at radius 2 is 1.82 bits per heavy atom. The van der Waals surface area contributed by atoms with Crippen LogP contribution in [0.5, 0.6) is 5.75 Å². The van der Waals surface area contributed by atoms with Gasteiger partial charge in [0, 0.05) is 30.1 Å². The number of nitrogens with zero attached hydrogens (tertiary/aromatic N) is 1. The third-order valence-corrected chi connectivity index (χ3v) is 4.76. The fourth-order valence-electron chi connectivity index (χ4n) is 2.71. The van der Waals surface area contributed by atoms with Crippen molar-refractivity contribution in [3.63, 3.8) is 0 Å². The third kappa shape index (κ3) is 6.73. The molecule has 150 valence electrons. The highest BCUT2D eigenvalue weighted by molar-refractivity contribution is 6.30. The topological polar surface area (TPSA) is 58.6 Å². The number of benzene rings is 2. The molecule has 2 aromatic carbocycles. The van der Waals surface area contributed by atoms with Crippen LogP contribution in [0.2, 0.25) is 10.0 Å². The zero-order valence-electron chi connectivity index (χ0n) is 16.0. The van der Waals surface area contributed by atoms with Gasteiger partial charge in [-0.1, -0.05) is 35.3 Å². The van der Waals surface area contributed by atoms with E-state index in [2.05, 4.69) is 5.32 Å². The van der Waals surface area contributed by atoms with Crippen LogP contribution in [0.3, 0.4) is 0 Å². The summed E-state index contributed by atoms with van der Waals surface area (Å²) in [5.41, 5.74) is 0.869. The summed E-state index contributed by atoms with van der Waals surface area (Å²) in [5.74, 6) is 0.370. The van der Waals surface area contributed by atoms with Crippen LogP contribution in [0.4, 0.5) is 0 Å². The average Bonchev–Trinajstić information content (AvgIpc) is 2.69. The standard InChI is InChI=1S/C21H24Cl2N2O3/c1-15(21(27)24-2)25(14-16-5-3-6-18(23)13-16)20(26)7-4-12-28-19-10-8-17(22)9-11-19/h3,5-6,8-11,13,15H,4,7,12,14H2,1-2H3,(H,24,27). The van der Waals surface area contributed by atoms with Gasteiger partial charge in [0.25, 0.3) is 0 Å². The monoisotopic (exact) mass is 422 g/mol. The lowest BCUT2D eigenvalue weighted by molar-refractivity contribution is -0.140. The number of ether oxygens (including phenoxy) is 1. The maximum atomic E-state index is 12.8. The minimum atomic E-state index is -0.589. The molecule has 0 saturated carbocycles. The van der Waals surface area contributed by atoms with Crippen LogP contribution in [0.1, 0.15) is 25.3 Å². The number of hydrogen-bond donors (Lipinski definition) is 1. The van der Waals surface area contributed by atoms with Crippen molar-refractivity contribution in [1.29, 1.82) is 0 Å². The molecule has 1 unspecified atom stereocenters. The summed E-state index contributed by atoms with van der Waals surface area (Å²) in [7, 11) is 1.56. The molecule has 1 atom stereocenters. The van der Waals surface area contributed by atoms with Gasteiger partial charge < -0.3 is 15.0 Å². The summed E-state index contributed by atoms with van der Waals surface area (Å²) in [5, 5.41) is 3.83. The first-order chi connectivity index (χ1) is 13.4. The van der Waals surface area contributed by atoms with Crippen molar-refractivity contribution in [3.05, 3.63) is 64.1 Å². The highest BCUT2D eigenvalue weighted by Crippen LogP contribution is 2.17. The number of halogens is 2. The van der Waals surface area contributed by atoms with E-state index >= 15 is 0 Å². The van der Waals surface area contributed by atoms with E-state index < -0.39 is 6.04 Å². The molecule has 0 radical (unpaired) electrons. The van der Waals surface area contributed by atoms with Gasteiger partial charge in [-0.15, -0.1) is 0 Å². The Morgan fingerprint density at radius 1 is 1.11 bits per heavy atom. The van der Waals surface area contributed by atoms with Gasteiger partial charge in [-0.25, -0.2) is 0 Å². The van der Waals surface area contributed by atoms with E-state index in [-0.39, 0.29) is 18.2 Å². The second-order valence-corrected chi connectivity index (χ2v) is 7.22. The highest BCUT2D eigenvalue weighted by atomic mass is 35.5. The zero-order valence-corrected chi connectivity index (χ0v) is 17.5. The minimum Gasteiger partial charge on any atom is -0.494 e. The molecule has 0 fully saturated rings. The average molecular weight is 423 g/mol. The SMILES string of the molecule is CNC(=O)C(C)N(Cc1cccc(Cl)c1)C(=O)CCCOc1ccc(Cl)cc1. The Bertz CT molecular complexity index is 796. The molecule has 0 saturated heterocycles. The number of likely N-dealkylation sites (N-methyl/N-ethyl adjacent to an activating group) is 1. The first-order valence-corrected chi connectivity index (χ1v) is 9.80. The summed E-state index contributed by atoms with van der Waals surface area (Å²) < 4.78 is 5.63. The van der Waals surface area contributed by atoms with Gasteiger partial charge in [-0.3, -0.25) is 9.59 Å². The molecular weight excluding hydrogens is 399 g/mol. The van der Waals surface area contributed by atoms with E-state index in [1.165, 1.54) is 0 Å². The van der Waals surface area contributed by atoms with E-state index in [1.54, 1.807) is 55.3 Å². The Labute approximate surface area is 175 Å². The van der Waals surface area contributed by atoms with Crippen molar-refractivity contribution in [2.24, 2.45) is 0 Å². The van der Waals surface area contributed by atoms with Crippen LogP contribution >= 0.6 is 23.2 Å². The lowest BCUT2D eigenvalue weighted by Gasteiger charge is -2.28. The normalized spacial score (nSPS) is 11.6. The maximum absolute atomic E-state index is 12.8. The molecule has 2 rings (SSSR count). The number of nitrogens with one attached hydrogen (secondary N) is 1. The van der Waals surface area contributed by atoms with Gasteiger partial charge in [0.1, 0.15) is 11.8 Å². The first kappa shape index (κ1) is 22.1. The number of hydrogen-bond acceptors (Lipinski definition) is 3. The molecule has 0 aromatic heterocycles. The summed E-state index contributed by atoms with van der Waals surface area (Å²) in [4.78, 5) is 26.4. The molecule has 5 nitrogen and oxygen atoms in total. The van der Waals surface area contributed by atoms with Crippen molar-refractivity contribution < 1.29 is 14.3 Å². The maximum Gasteiger partial charge on any atom is 0.242 e. The molecule has 0 aliphatic carbocycles. The summed E-state index contributed by atoms with van der Waals surface area (Å²) >= 11 is 11.9. The number of carbonyl (C=O) groups is 2. The van der Waals surface area contributed by atoms with Gasteiger partial charge in [-0.2, -0.15) is 0 Å². The lowest BCUT2D eigenvalue weighted by atomic mass is 10.1. The van der Waals surface area contributed by atoms with Crippen molar-refractivity contribution in [3.8, 4) is 5.75 Å². The predicted molar refractivity (Wildman–Crippen MR) is 112 cm³/mol. The second-order valence-electron chi connectivity index (χ2n) is 6.35. The van der Waals surface area contributed by atoms with Gasteiger partial charge in [0.05, 0.1) is 6.61 Å². The van der Waals surface area contributed by atoms with Crippen molar-refractivity contribution in [2.75, 3.05) is 13.7 Å². The van der Waals surface area contributed by atoms with Crippen molar-refractivity contribution in [1.82, 2.24) is 10.2 Å². The van der Waals surface area contributed by atoms with Crippen LogP contribution in [0.25, 0.3) is 0 Å². The van der Waals surface area contributed by atoms with Crippen molar-refractivity contribution >= 4 is 35.0 Å². The Kier molecular flexibility index (Phi) is 8.61. The van der Waals surface area contributed by atoms with Crippen LogP contribution in [-0.4, -0.2) is 36.4 Å². The van der Waals surface area contributed by atoms with Crippen LogP contribution in [0.15, 0.2) is 48.5 Å². The van der Waals surface area contributed by atoms with Crippen LogP contribution < -0.4 is 10.1 Å². The molecule has 1 N–H and O–H groups in total. The smallest absolute Gasteiger partial charge is 0.242 e. The number of amides is 2. The van der Waals surface area contributed by atoms with E-state index in [1.807, 2.05) is 12.1 Å². The zero-order chi connectivity index (χ0) is 20.5. The van der Waals surface area contributed by atoms with Gasteiger partial charge in [0.2, 0.25) is 11.8 Å². The molecule has 2 aromatic rings. The van der Waals surface area contributed by atoms with Crippen LogP contribution in [-0.2, 0) is 16.1 Å². The lowest BCUT2D eigenvalue weighted by Crippen LogP contribution is -2.46. The Hall–Kier alpha value is -2.24. The van der Waals surface area contributed by atoms with E-state index in [0.717, 1.165) is 5.56 Å². The summed E-state index contributed by atoms with van der Waals surface area (Å²) in [6.45, 7) is 2.42. The number of rotatable bonds is 9. The van der Waals surface area contributed by atoms with E-state index in [0.29, 0.717) is 35.4 Å². The summed E-state index contributed by atoms with van der Waals surface area (Å²) in [6, 6.07) is 13.7. The van der Waals surface area contributed by atoms with E-state index in [9.17, 15) is 9.59 Å². The molecule has 0 spiro atoms. The largest absolute Gasteiger partial charge is 0.494 e. The third-order valence-electron chi connectivity index (χ3n) is 4.27. The molecule has 0 heterocycles. The molecule has 0 bridgehead atoms. The highest BCUT2D eigenvalue weighted by Gasteiger charge is 2.25. The van der Waals surface area contributed by atoms with Gasteiger partial charge >= 0.3 is 0 Å². The van der Waals surface area contributed by atoms with Gasteiger partial charge in [-0.05, 0) is 55.3 Å². The Morgan fingerprint density at radius 3 is 2.46 bits per heavy atom. The predicted octanol–water partition coefficient (Wildman–Crippen LogP) is 4.32. The van der Waals surface area contributed by atoms with Crippen molar-refractivity contribution in [2.45, 2.75) is 32.4 Å². The summed E-state index contributed by atoms with van der Waals surface area (Å²) in [6.07, 6.45) is 0.809. The molecule has 0 aliphatic rings. The molecule has 28 heavy (non-hydrogen) atoms. The van der Waals surface area contributed by atoms with Crippen LogP contribution in [0, 0.1) is 0 Å². The molecule has 2 amide bonds. The quantitative estimate of drug-likeness (QED) is 0.612. The number of carbonyl (C=O) groups excluding carboxylic acids is 2. The second kappa shape index (κ2) is 10.9. The fourth-order valence-corrected chi connectivity index (χ4v) is 3.05. The molecule has 0 aliphatic heterocycles.